The Labute approximate surface area is 122 Å². The highest BCUT2D eigenvalue weighted by molar-refractivity contribution is 6.30. The molecule has 0 amide bonds. The van der Waals surface area contributed by atoms with Crippen molar-refractivity contribution in [1.82, 2.24) is 5.16 Å². The van der Waals surface area contributed by atoms with Gasteiger partial charge in [0.2, 0.25) is 0 Å². The van der Waals surface area contributed by atoms with Gasteiger partial charge in [0.15, 0.2) is 5.76 Å². The molecule has 0 radical (unpaired) electrons. The molecule has 1 aliphatic carbocycles. The van der Waals surface area contributed by atoms with Gasteiger partial charge in [0.25, 0.3) is 0 Å². The summed E-state index contributed by atoms with van der Waals surface area (Å²) < 4.78 is 5.61. The average molecular weight is 282 g/mol. The van der Waals surface area contributed by atoms with Gasteiger partial charge in [-0.1, -0.05) is 41.0 Å². The lowest BCUT2D eigenvalue weighted by Crippen LogP contribution is -2.03. The molecule has 2 nitrogen and oxygen atoms in total. The van der Waals surface area contributed by atoms with Gasteiger partial charge >= 0.3 is 0 Å². The topological polar surface area (TPSA) is 26.0 Å². The summed E-state index contributed by atoms with van der Waals surface area (Å²) in [5.41, 5.74) is 5.75. The lowest BCUT2D eigenvalue weighted by Gasteiger charge is -2.14. The zero-order chi connectivity index (χ0) is 13.5. The Hall–Kier alpha value is -2.06. The van der Waals surface area contributed by atoms with Gasteiger partial charge < -0.3 is 4.52 Å². The first-order valence-corrected chi connectivity index (χ1v) is 7.03. The molecule has 0 saturated carbocycles. The highest BCUT2D eigenvalue weighted by atomic mass is 35.5. The van der Waals surface area contributed by atoms with E-state index in [-0.39, 0.29) is 0 Å². The second-order valence-electron chi connectivity index (χ2n) is 5.00. The minimum Gasteiger partial charge on any atom is -0.355 e. The first kappa shape index (κ1) is 11.7. The summed E-state index contributed by atoms with van der Waals surface area (Å²) >= 11 is 5.94. The van der Waals surface area contributed by atoms with E-state index in [0.717, 1.165) is 34.9 Å². The van der Waals surface area contributed by atoms with E-state index >= 15 is 0 Å². The fraction of sp³-hybridized carbons (Fsp3) is 0.118. The second kappa shape index (κ2) is 4.50. The van der Waals surface area contributed by atoms with Gasteiger partial charge in [0.1, 0.15) is 5.69 Å². The Morgan fingerprint density at radius 3 is 2.60 bits per heavy atom. The highest BCUT2D eigenvalue weighted by Crippen LogP contribution is 2.38. The molecular weight excluding hydrogens is 270 g/mol. The maximum absolute atomic E-state index is 5.94. The second-order valence-corrected chi connectivity index (χ2v) is 5.44. The minimum absolute atomic E-state index is 0.729. The highest BCUT2D eigenvalue weighted by Gasteiger charge is 2.24. The van der Waals surface area contributed by atoms with Crippen molar-refractivity contribution in [3.63, 3.8) is 0 Å². The van der Waals surface area contributed by atoms with Crippen molar-refractivity contribution in [2.45, 2.75) is 12.8 Å². The number of aryl methyl sites for hydroxylation is 1. The number of hydrogen-bond donors (Lipinski definition) is 0. The minimum atomic E-state index is 0.729. The van der Waals surface area contributed by atoms with Crippen molar-refractivity contribution in [3.05, 3.63) is 64.7 Å². The molecule has 3 aromatic rings. The first-order chi connectivity index (χ1) is 9.83. The smallest absolute Gasteiger partial charge is 0.170 e. The standard InChI is InChI=1S/C17H12ClNO/c18-13-8-5-12(6-9-13)17-15-10-7-11-3-1-2-4-14(11)16(15)19-20-17/h1-6,8-9H,7,10H2. The molecule has 3 heteroatoms. The molecular formula is C17H12ClNO. The zero-order valence-electron chi connectivity index (χ0n) is 10.8. The predicted molar refractivity (Wildman–Crippen MR) is 79.8 cm³/mol. The number of nitrogens with zero attached hydrogens (tertiary/aromatic N) is 1. The third-order valence-corrected chi connectivity index (χ3v) is 4.06. The number of benzene rings is 2. The molecule has 0 N–H and O–H groups in total. The van der Waals surface area contributed by atoms with Gasteiger partial charge in [0.05, 0.1) is 0 Å². The van der Waals surface area contributed by atoms with Gasteiger partial charge in [-0.15, -0.1) is 0 Å². The summed E-state index contributed by atoms with van der Waals surface area (Å²) in [5, 5.41) is 5.02. The lowest BCUT2D eigenvalue weighted by molar-refractivity contribution is 0.434. The molecule has 2 aromatic carbocycles. The SMILES string of the molecule is Clc1ccc(-c2onc3c2CCc2ccccc2-3)cc1. The molecule has 0 saturated heterocycles. The van der Waals surface area contributed by atoms with Gasteiger partial charge in [-0.05, 0) is 42.7 Å². The van der Waals surface area contributed by atoms with Crippen LogP contribution in [0.5, 0.6) is 0 Å². The van der Waals surface area contributed by atoms with Crippen LogP contribution in [0, 0.1) is 0 Å². The van der Waals surface area contributed by atoms with Crippen molar-refractivity contribution in [3.8, 4) is 22.6 Å². The number of hydrogen-bond acceptors (Lipinski definition) is 2. The molecule has 0 fully saturated rings. The fourth-order valence-corrected chi connectivity index (χ4v) is 2.94. The van der Waals surface area contributed by atoms with Crippen LogP contribution in [0.1, 0.15) is 11.1 Å². The van der Waals surface area contributed by atoms with E-state index in [1.165, 1.54) is 16.7 Å². The van der Waals surface area contributed by atoms with Crippen molar-refractivity contribution in [2.75, 3.05) is 0 Å². The monoisotopic (exact) mass is 281 g/mol. The van der Waals surface area contributed by atoms with E-state index in [2.05, 4.69) is 23.4 Å². The molecule has 4 rings (SSSR count). The molecule has 0 unspecified atom stereocenters. The predicted octanol–water partition coefficient (Wildman–Crippen LogP) is 4.76. The Morgan fingerprint density at radius 2 is 1.75 bits per heavy atom. The number of fused-ring (bicyclic) bond motifs is 3. The molecule has 20 heavy (non-hydrogen) atoms. The summed E-state index contributed by atoms with van der Waals surface area (Å²) in [6, 6.07) is 16.1. The van der Waals surface area contributed by atoms with Gasteiger partial charge in [-0.2, -0.15) is 0 Å². The number of aromatic nitrogens is 1. The normalized spacial score (nSPS) is 12.8. The Morgan fingerprint density at radius 1 is 0.950 bits per heavy atom. The van der Waals surface area contributed by atoms with Crippen LogP contribution in [0.4, 0.5) is 0 Å². The quantitative estimate of drug-likeness (QED) is 0.643. The number of rotatable bonds is 1. The summed E-state index contributed by atoms with van der Waals surface area (Å²) in [4.78, 5) is 0. The molecule has 0 aliphatic heterocycles. The van der Waals surface area contributed by atoms with Crippen LogP contribution in [0.2, 0.25) is 5.02 Å². The molecule has 1 aromatic heterocycles. The van der Waals surface area contributed by atoms with E-state index in [9.17, 15) is 0 Å². The van der Waals surface area contributed by atoms with Gasteiger partial charge in [-0.25, -0.2) is 0 Å². The van der Waals surface area contributed by atoms with Gasteiger partial charge in [0, 0.05) is 21.7 Å². The molecule has 98 valence electrons. The Bertz CT molecular complexity index is 774. The Balaban J connectivity index is 1.87. The van der Waals surface area contributed by atoms with E-state index in [1.54, 1.807) is 0 Å². The van der Waals surface area contributed by atoms with Crippen molar-refractivity contribution in [2.24, 2.45) is 0 Å². The number of halogens is 1. The van der Waals surface area contributed by atoms with Crippen molar-refractivity contribution >= 4 is 11.6 Å². The molecule has 0 atom stereocenters. The summed E-state index contributed by atoms with van der Waals surface area (Å²) in [5.74, 6) is 0.867. The van der Waals surface area contributed by atoms with Crippen LogP contribution in [0.25, 0.3) is 22.6 Å². The van der Waals surface area contributed by atoms with Crippen LogP contribution < -0.4 is 0 Å². The zero-order valence-corrected chi connectivity index (χ0v) is 11.5. The van der Waals surface area contributed by atoms with Crippen LogP contribution in [0.3, 0.4) is 0 Å². The molecule has 0 spiro atoms. The van der Waals surface area contributed by atoms with Crippen molar-refractivity contribution < 1.29 is 4.52 Å². The van der Waals surface area contributed by atoms with Crippen molar-refractivity contribution in [1.29, 1.82) is 0 Å². The van der Waals surface area contributed by atoms with Crippen LogP contribution in [-0.4, -0.2) is 5.16 Å². The van der Waals surface area contributed by atoms with Crippen LogP contribution in [-0.2, 0) is 12.8 Å². The Kier molecular flexibility index (Phi) is 2.64. The maximum atomic E-state index is 5.94. The van der Waals surface area contributed by atoms with E-state index in [4.69, 9.17) is 16.1 Å². The fourth-order valence-electron chi connectivity index (χ4n) is 2.81. The molecule has 0 bridgehead atoms. The maximum Gasteiger partial charge on any atom is 0.170 e. The molecule has 1 aliphatic rings. The van der Waals surface area contributed by atoms with E-state index in [1.807, 2.05) is 30.3 Å². The lowest BCUT2D eigenvalue weighted by atomic mass is 9.88. The summed E-state index contributed by atoms with van der Waals surface area (Å²) in [7, 11) is 0. The van der Waals surface area contributed by atoms with Gasteiger partial charge in [-0.3, -0.25) is 0 Å². The average Bonchev–Trinajstić information content (AvgIpc) is 2.92. The summed E-state index contributed by atoms with van der Waals surface area (Å²) in [6.07, 6.45) is 2.00. The van der Waals surface area contributed by atoms with Crippen LogP contribution >= 0.6 is 11.6 Å². The third kappa shape index (κ3) is 1.76. The van der Waals surface area contributed by atoms with E-state index < -0.39 is 0 Å². The van der Waals surface area contributed by atoms with E-state index in [0.29, 0.717) is 0 Å². The third-order valence-electron chi connectivity index (χ3n) is 3.81. The summed E-state index contributed by atoms with van der Waals surface area (Å²) in [6.45, 7) is 0. The first-order valence-electron chi connectivity index (χ1n) is 6.66. The largest absolute Gasteiger partial charge is 0.355 e. The van der Waals surface area contributed by atoms with Crippen LogP contribution in [0.15, 0.2) is 53.1 Å². The molecule has 1 heterocycles.